The summed E-state index contributed by atoms with van der Waals surface area (Å²) in [7, 11) is 0. The maximum atomic E-state index is 13.2. The van der Waals surface area contributed by atoms with E-state index in [9.17, 15) is 4.39 Å². The molecule has 0 amide bonds. The molecule has 0 aliphatic rings. The van der Waals surface area contributed by atoms with Crippen LogP contribution in [-0.2, 0) is 26.2 Å². The van der Waals surface area contributed by atoms with E-state index < -0.39 is 0 Å². The SMILES string of the molecule is Cc1nn(Cc2ccccc2)c(C)c1CNCc1c(C)nn(Cc2ccc(F)cc2)c1Cl. The third-order valence-corrected chi connectivity index (χ3v) is 6.16. The highest BCUT2D eigenvalue weighted by Gasteiger charge is 2.15. The predicted molar refractivity (Wildman–Crippen MR) is 125 cm³/mol. The van der Waals surface area contributed by atoms with E-state index in [0.29, 0.717) is 24.8 Å². The van der Waals surface area contributed by atoms with Gasteiger partial charge in [0, 0.05) is 29.9 Å². The van der Waals surface area contributed by atoms with Crippen LogP contribution in [0.25, 0.3) is 0 Å². The van der Waals surface area contributed by atoms with Crippen molar-refractivity contribution < 1.29 is 4.39 Å². The standard InChI is InChI=1S/C25H27ClFN5/c1-17-23(19(3)31(29-17)15-20-7-5-4-6-8-20)13-28-14-24-18(2)30-32(25(24)26)16-21-9-11-22(27)12-10-21/h4-12,28H,13-16H2,1-3H3. The number of nitrogens with zero attached hydrogens (tertiary/aromatic N) is 4. The molecule has 0 aliphatic carbocycles. The quantitative estimate of drug-likeness (QED) is 0.401. The summed E-state index contributed by atoms with van der Waals surface area (Å²) in [5.74, 6) is -0.251. The molecule has 0 fully saturated rings. The van der Waals surface area contributed by atoms with Crippen molar-refractivity contribution in [3.05, 3.63) is 105 Å². The van der Waals surface area contributed by atoms with Gasteiger partial charge in [0.2, 0.25) is 0 Å². The van der Waals surface area contributed by atoms with E-state index in [1.54, 1.807) is 16.8 Å². The van der Waals surface area contributed by atoms with Gasteiger partial charge >= 0.3 is 0 Å². The van der Waals surface area contributed by atoms with Gasteiger partial charge in [-0.05, 0) is 44.0 Å². The summed E-state index contributed by atoms with van der Waals surface area (Å²) in [5, 5.41) is 13.4. The van der Waals surface area contributed by atoms with Crippen molar-refractivity contribution in [2.24, 2.45) is 0 Å². The van der Waals surface area contributed by atoms with Crippen LogP contribution in [0.15, 0.2) is 54.6 Å². The average molecular weight is 452 g/mol. The van der Waals surface area contributed by atoms with E-state index in [2.05, 4.69) is 34.2 Å². The number of hydrogen-bond donors (Lipinski definition) is 1. The lowest BCUT2D eigenvalue weighted by Gasteiger charge is -2.08. The van der Waals surface area contributed by atoms with Crippen molar-refractivity contribution in [2.45, 2.75) is 47.0 Å². The number of aryl methyl sites for hydroxylation is 2. The molecule has 0 saturated carbocycles. The van der Waals surface area contributed by atoms with Crippen molar-refractivity contribution in [3.8, 4) is 0 Å². The summed E-state index contributed by atoms with van der Waals surface area (Å²) in [6.45, 7) is 8.68. The van der Waals surface area contributed by atoms with Gasteiger partial charge in [-0.2, -0.15) is 10.2 Å². The van der Waals surface area contributed by atoms with Crippen LogP contribution in [0.1, 0.15) is 39.3 Å². The monoisotopic (exact) mass is 451 g/mol. The predicted octanol–water partition coefficient (Wildman–Crippen LogP) is 5.18. The average Bonchev–Trinajstić information content (AvgIpc) is 3.20. The van der Waals surface area contributed by atoms with E-state index >= 15 is 0 Å². The fourth-order valence-electron chi connectivity index (χ4n) is 3.87. The Morgan fingerprint density at radius 1 is 0.781 bits per heavy atom. The minimum absolute atomic E-state index is 0.251. The summed E-state index contributed by atoms with van der Waals surface area (Å²) in [6, 6.07) is 16.7. The molecule has 166 valence electrons. The van der Waals surface area contributed by atoms with Gasteiger partial charge in [0.05, 0.1) is 24.5 Å². The van der Waals surface area contributed by atoms with Gasteiger partial charge < -0.3 is 5.32 Å². The molecule has 32 heavy (non-hydrogen) atoms. The fraction of sp³-hybridized carbons (Fsp3) is 0.280. The first-order valence-corrected chi connectivity index (χ1v) is 11.0. The highest BCUT2D eigenvalue weighted by atomic mass is 35.5. The van der Waals surface area contributed by atoms with Gasteiger partial charge in [-0.1, -0.05) is 54.1 Å². The van der Waals surface area contributed by atoms with Crippen LogP contribution in [0.5, 0.6) is 0 Å². The first-order valence-electron chi connectivity index (χ1n) is 10.7. The van der Waals surface area contributed by atoms with Crippen molar-refractivity contribution in [2.75, 3.05) is 0 Å². The minimum atomic E-state index is -0.251. The van der Waals surface area contributed by atoms with Gasteiger partial charge in [0.25, 0.3) is 0 Å². The largest absolute Gasteiger partial charge is 0.308 e. The number of aromatic nitrogens is 4. The van der Waals surface area contributed by atoms with Crippen molar-refractivity contribution in [1.82, 2.24) is 24.9 Å². The summed E-state index contributed by atoms with van der Waals surface area (Å²) in [6.07, 6.45) is 0. The van der Waals surface area contributed by atoms with E-state index in [-0.39, 0.29) is 5.82 Å². The molecule has 2 aromatic carbocycles. The maximum absolute atomic E-state index is 13.2. The fourth-order valence-corrected chi connectivity index (χ4v) is 4.17. The third-order valence-electron chi connectivity index (χ3n) is 5.74. The van der Waals surface area contributed by atoms with Crippen LogP contribution in [0.2, 0.25) is 5.15 Å². The summed E-state index contributed by atoms with van der Waals surface area (Å²) in [5.41, 5.74) is 7.43. The second-order valence-electron chi connectivity index (χ2n) is 8.04. The van der Waals surface area contributed by atoms with Crippen LogP contribution in [-0.4, -0.2) is 19.6 Å². The van der Waals surface area contributed by atoms with Gasteiger partial charge in [-0.15, -0.1) is 0 Å². The summed E-state index contributed by atoms with van der Waals surface area (Å²) < 4.78 is 17.0. The lowest BCUT2D eigenvalue weighted by molar-refractivity contribution is 0.624. The maximum Gasteiger partial charge on any atom is 0.132 e. The van der Waals surface area contributed by atoms with Crippen LogP contribution in [0.3, 0.4) is 0 Å². The lowest BCUT2D eigenvalue weighted by Crippen LogP contribution is -2.15. The molecule has 0 spiro atoms. The molecule has 4 aromatic rings. The first kappa shape index (κ1) is 22.2. The molecule has 0 radical (unpaired) electrons. The van der Waals surface area contributed by atoms with Crippen LogP contribution >= 0.6 is 11.6 Å². The van der Waals surface area contributed by atoms with E-state index in [1.807, 2.05) is 32.0 Å². The Morgan fingerprint density at radius 3 is 2.06 bits per heavy atom. The van der Waals surface area contributed by atoms with E-state index in [4.69, 9.17) is 16.7 Å². The molecule has 1 N–H and O–H groups in total. The van der Waals surface area contributed by atoms with Crippen LogP contribution < -0.4 is 5.32 Å². The Kier molecular flexibility index (Phi) is 6.72. The Hall–Kier alpha value is -2.96. The minimum Gasteiger partial charge on any atom is -0.308 e. The summed E-state index contributed by atoms with van der Waals surface area (Å²) in [4.78, 5) is 0. The molecule has 0 bridgehead atoms. The number of halogens is 2. The first-order chi connectivity index (χ1) is 15.4. The molecule has 0 unspecified atom stereocenters. The number of hydrogen-bond acceptors (Lipinski definition) is 3. The molecular formula is C25H27ClFN5. The molecule has 0 aliphatic heterocycles. The highest BCUT2D eigenvalue weighted by molar-refractivity contribution is 6.30. The van der Waals surface area contributed by atoms with Gasteiger partial charge in [-0.25, -0.2) is 9.07 Å². The Morgan fingerprint density at radius 2 is 1.34 bits per heavy atom. The highest BCUT2D eigenvalue weighted by Crippen LogP contribution is 2.22. The van der Waals surface area contributed by atoms with E-state index in [0.717, 1.165) is 34.8 Å². The number of rotatable bonds is 8. The van der Waals surface area contributed by atoms with Crippen molar-refractivity contribution >= 4 is 11.6 Å². The normalized spacial score (nSPS) is 11.3. The summed E-state index contributed by atoms with van der Waals surface area (Å²) >= 11 is 6.62. The molecular weight excluding hydrogens is 425 g/mol. The lowest BCUT2D eigenvalue weighted by atomic mass is 10.2. The van der Waals surface area contributed by atoms with Crippen LogP contribution in [0, 0.1) is 26.6 Å². The molecule has 0 atom stereocenters. The Bertz CT molecular complexity index is 1200. The van der Waals surface area contributed by atoms with Gasteiger partial charge in [-0.3, -0.25) is 4.68 Å². The molecule has 5 nitrogen and oxygen atoms in total. The zero-order valence-electron chi connectivity index (χ0n) is 18.6. The molecule has 2 aromatic heterocycles. The van der Waals surface area contributed by atoms with Gasteiger partial charge in [0.1, 0.15) is 11.0 Å². The molecule has 0 saturated heterocycles. The topological polar surface area (TPSA) is 47.7 Å². The van der Waals surface area contributed by atoms with E-state index in [1.165, 1.54) is 23.3 Å². The van der Waals surface area contributed by atoms with Crippen LogP contribution in [0.4, 0.5) is 4.39 Å². The third kappa shape index (κ3) is 4.92. The molecule has 4 rings (SSSR count). The van der Waals surface area contributed by atoms with Gasteiger partial charge in [0.15, 0.2) is 0 Å². The second-order valence-corrected chi connectivity index (χ2v) is 8.39. The number of nitrogens with one attached hydrogen (secondary N) is 1. The zero-order chi connectivity index (χ0) is 22.7. The molecule has 7 heteroatoms. The Balaban J connectivity index is 1.41. The van der Waals surface area contributed by atoms with Crippen molar-refractivity contribution in [1.29, 1.82) is 0 Å². The van der Waals surface area contributed by atoms with Crippen molar-refractivity contribution in [3.63, 3.8) is 0 Å². The molecule has 2 heterocycles. The Labute approximate surface area is 192 Å². The smallest absolute Gasteiger partial charge is 0.132 e. The number of benzene rings is 2. The second kappa shape index (κ2) is 9.67. The zero-order valence-corrected chi connectivity index (χ0v) is 19.3.